The normalized spacial score (nSPS) is 12.1. The highest BCUT2D eigenvalue weighted by Crippen LogP contribution is 2.25. The van der Waals surface area contributed by atoms with E-state index in [1.807, 2.05) is 42.3 Å². The van der Waals surface area contributed by atoms with E-state index in [9.17, 15) is 13.2 Å². The second-order valence-corrected chi connectivity index (χ2v) is 8.59. The predicted octanol–water partition coefficient (Wildman–Crippen LogP) is 2.49. The van der Waals surface area contributed by atoms with E-state index in [4.69, 9.17) is 4.74 Å². The number of anilines is 2. The third-order valence-electron chi connectivity index (χ3n) is 4.60. The first-order valence-electron chi connectivity index (χ1n) is 9.45. The number of nitrogens with zero attached hydrogens (tertiary/aromatic N) is 2. The van der Waals surface area contributed by atoms with Gasteiger partial charge in [-0.3, -0.25) is 9.10 Å². The van der Waals surface area contributed by atoms with E-state index < -0.39 is 16.1 Å². The van der Waals surface area contributed by atoms with Crippen LogP contribution in [0.4, 0.5) is 11.4 Å². The molecule has 0 aliphatic carbocycles. The Kier molecular flexibility index (Phi) is 7.90. The van der Waals surface area contributed by atoms with Crippen molar-refractivity contribution in [1.29, 1.82) is 0 Å². The molecule has 1 N–H and O–H groups in total. The number of benzene rings is 2. The fraction of sp³-hybridized carbons (Fsp3) is 0.381. The average molecular weight is 420 g/mol. The van der Waals surface area contributed by atoms with Gasteiger partial charge in [0.05, 0.1) is 19.1 Å². The number of sulfonamides is 1. The van der Waals surface area contributed by atoms with Crippen molar-refractivity contribution in [3.05, 3.63) is 54.6 Å². The number of amides is 1. The van der Waals surface area contributed by atoms with Crippen LogP contribution >= 0.6 is 0 Å². The molecule has 1 amide bonds. The number of rotatable bonds is 10. The molecule has 0 aromatic heterocycles. The minimum atomic E-state index is -3.66. The van der Waals surface area contributed by atoms with Crippen LogP contribution in [0.15, 0.2) is 54.6 Å². The van der Waals surface area contributed by atoms with Crippen LogP contribution in [-0.2, 0) is 14.8 Å². The summed E-state index contributed by atoms with van der Waals surface area (Å²) in [5.74, 6) is 0.291. The Morgan fingerprint density at radius 2 is 1.69 bits per heavy atom. The summed E-state index contributed by atoms with van der Waals surface area (Å²) < 4.78 is 31.2. The van der Waals surface area contributed by atoms with Crippen molar-refractivity contribution in [2.45, 2.75) is 19.4 Å². The van der Waals surface area contributed by atoms with Crippen LogP contribution in [0.25, 0.3) is 0 Å². The molecule has 2 aromatic rings. The fourth-order valence-corrected chi connectivity index (χ4v) is 4.28. The number of hydrogen-bond donors (Lipinski definition) is 1. The Labute approximate surface area is 173 Å². The maximum absolute atomic E-state index is 12.8. The largest absolute Gasteiger partial charge is 0.497 e. The van der Waals surface area contributed by atoms with Crippen LogP contribution in [-0.4, -0.2) is 53.9 Å². The molecule has 8 heteroatoms. The van der Waals surface area contributed by atoms with Crippen molar-refractivity contribution >= 4 is 27.3 Å². The number of carbonyl (C=O) groups excluding carboxylic acids is 1. The molecular formula is C21H29N3O4S. The van der Waals surface area contributed by atoms with Crippen LogP contribution < -0.4 is 19.3 Å². The molecule has 0 spiro atoms. The molecule has 0 fully saturated rings. The molecule has 0 heterocycles. The molecule has 0 saturated heterocycles. The highest BCUT2D eigenvalue weighted by Gasteiger charge is 2.31. The van der Waals surface area contributed by atoms with Gasteiger partial charge < -0.3 is 15.0 Å². The van der Waals surface area contributed by atoms with Gasteiger partial charge in [0, 0.05) is 25.8 Å². The predicted molar refractivity (Wildman–Crippen MR) is 117 cm³/mol. The van der Waals surface area contributed by atoms with Crippen LogP contribution in [0.1, 0.15) is 13.3 Å². The number of carbonyl (C=O) groups is 1. The van der Waals surface area contributed by atoms with Crippen molar-refractivity contribution in [1.82, 2.24) is 5.32 Å². The summed E-state index contributed by atoms with van der Waals surface area (Å²) in [5, 5.41) is 2.87. The lowest BCUT2D eigenvalue weighted by Gasteiger charge is -2.30. The zero-order valence-corrected chi connectivity index (χ0v) is 18.1. The molecule has 0 saturated carbocycles. The van der Waals surface area contributed by atoms with Crippen LogP contribution in [0.5, 0.6) is 5.75 Å². The number of nitrogens with one attached hydrogen (secondary N) is 1. The molecular weight excluding hydrogens is 390 g/mol. The fourth-order valence-electron chi connectivity index (χ4n) is 3.07. The van der Waals surface area contributed by atoms with E-state index in [0.717, 1.165) is 11.9 Å². The lowest BCUT2D eigenvalue weighted by atomic mass is 10.2. The molecule has 0 radical (unpaired) electrons. The second-order valence-electron chi connectivity index (χ2n) is 6.73. The molecule has 1 atom stereocenters. The Bertz CT molecular complexity index is 886. The first-order chi connectivity index (χ1) is 13.8. The molecule has 0 aliphatic rings. The van der Waals surface area contributed by atoms with Gasteiger partial charge in [0.15, 0.2) is 0 Å². The highest BCUT2D eigenvalue weighted by atomic mass is 32.2. The Balaban J connectivity index is 2.09. The topological polar surface area (TPSA) is 79.0 Å². The standard InChI is InChI=1S/C21H29N3O4S/c1-5-20(21(25)22-15-16-23(2)17-9-7-6-8-10-17)24(29(4,26)27)18-11-13-19(28-3)14-12-18/h6-14,20H,5,15-16H2,1-4H3,(H,22,25)/t20-/m0/s1. The minimum absolute atomic E-state index is 0.324. The number of methoxy groups -OCH3 is 1. The van der Waals surface area contributed by atoms with Crippen molar-refractivity contribution in [2.24, 2.45) is 0 Å². The summed E-state index contributed by atoms with van der Waals surface area (Å²) in [6, 6.07) is 15.6. The van der Waals surface area contributed by atoms with E-state index in [-0.39, 0.29) is 5.91 Å². The van der Waals surface area contributed by atoms with Crippen molar-refractivity contribution in [3.63, 3.8) is 0 Å². The van der Waals surface area contributed by atoms with Crippen molar-refractivity contribution in [3.8, 4) is 5.75 Å². The van der Waals surface area contributed by atoms with Gasteiger partial charge in [0.25, 0.3) is 0 Å². The molecule has 0 unspecified atom stereocenters. The van der Waals surface area contributed by atoms with Gasteiger partial charge >= 0.3 is 0 Å². The quantitative estimate of drug-likeness (QED) is 0.640. The Morgan fingerprint density at radius 1 is 1.07 bits per heavy atom. The van der Waals surface area contributed by atoms with Gasteiger partial charge in [-0.05, 0) is 42.8 Å². The molecule has 2 aromatic carbocycles. The SMILES string of the molecule is CC[C@@H](C(=O)NCCN(C)c1ccccc1)N(c1ccc(OC)cc1)S(C)(=O)=O. The van der Waals surface area contributed by atoms with Gasteiger partial charge in [-0.15, -0.1) is 0 Å². The zero-order chi connectivity index (χ0) is 21.4. The summed E-state index contributed by atoms with van der Waals surface area (Å²) in [7, 11) is -0.174. The maximum Gasteiger partial charge on any atom is 0.243 e. The second kappa shape index (κ2) is 10.2. The lowest BCUT2D eigenvalue weighted by Crippen LogP contribution is -2.50. The van der Waals surface area contributed by atoms with Crippen LogP contribution in [0, 0.1) is 0 Å². The molecule has 2 rings (SSSR count). The van der Waals surface area contributed by atoms with E-state index >= 15 is 0 Å². The Morgan fingerprint density at radius 3 is 2.21 bits per heavy atom. The Hall–Kier alpha value is -2.74. The molecule has 158 valence electrons. The summed E-state index contributed by atoms with van der Waals surface area (Å²) in [5.41, 5.74) is 1.47. The van der Waals surface area contributed by atoms with Crippen molar-refractivity contribution in [2.75, 3.05) is 42.7 Å². The maximum atomic E-state index is 12.8. The molecule has 29 heavy (non-hydrogen) atoms. The van der Waals surface area contributed by atoms with E-state index in [1.165, 1.54) is 11.4 Å². The van der Waals surface area contributed by atoms with E-state index in [0.29, 0.717) is 30.9 Å². The summed E-state index contributed by atoms with van der Waals surface area (Å²) in [4.78, 5) is 14.8. The first kappa shape index (κ1) is 22.5. The van der Waals surface area contributed by atoms with Gasteiger partial charge in [-0.25, -0.2) is 8.42 Å². The van der Waals surface area contributed by atoms with E-state index in [1.54, 1.807) is 31.2 Å². The number of hydrogen-bond acceptors (Lipinski definition) is 5. The number of para-hydroxylation sites is 1. The first-order valence-corrected chi connectivity index (χ1v) is 11.3. The lowest BCUT2D eigenvalue weighted by molar-refractivity contribution is -0.122. The summed E-state index contributed by atoms with van der Waals surface area (Å²) in [6.45, 7) is 2.80. The van der Waals surface area contributed by atoms with Gasteiger partial charge in [-0.1, -0.05) is 25.1 Å². The van der Waals surface area contributed by atoms with Gasteiger partial charge in [-0.2, -0.15) is 0 Å². The number of ether oxygens (including phenoxy) is 1. The highest BCUT2D eigenvalue weighted by molar-refractivity contribution is 7.92. The third kappa shape index (κ3) is 6.12. The molecule has 0 bridgehead atoms. The molecule has 7 nitrogen and oxygen atoms in total. The van der Waals surface area contributed by atoms with Crippen molar-refractivity contribution < 1.29 is 17.9 Å². The van der Waals surface area contributed by atoms with E-state index in [2.05, 4.69) is 5.32 Å². The summed E-state index contributed by atoms with van der Waals surface area (Å²) in [6.07, 6.45) is 1.45. The molecule has 0 aliphatic heterocycles. The monoisotopic (exact) mass is 419 g/mol. The third-order valence-corrected chi connectivity index (χ3v) is 5.78. The smallest absolute Gasteiger partial charge is 0.243 e. The average Bonchev–Trinajstić information content (AvgIpc) is 2.71. The summed E-state index contributed by atoms with van der Waals surface area (Å²) >= 11 is 0. The minimum Gasteiger partial charge on any atom is -0.497 e. The number of likely N-dealkylation sites (N-methyl/N-ethyl adjacent to an activating group) is 1. The van der Waals surface area contributed by atoms with Gasteiger partial charge in [0.1, 0.15) is 11.8 Å². The van der Waals surface area contributed by atoms with Crippen LogP contribution in [0.2, 0.25) is 0 Å². The van der Waals surface area contributed by atoms with Crippen LogP contribution in [0.3, 0.4) is 0 Å². The zero-order valence-electron chi connectivity index (χ0n) is 17.3. The van der Waals surface area contributed by atoms with Gasteiger partial charge in [0.2, 0.25) is 15.9 Å².